The van der Waals surface area contributed by atoms with Crippen molar-refractivity contribution in [1.82, 2.24) is 0 Å². The Bertz CT molecular complexity index is 353. The first-order valence-corrected chi connectivity index (χ1v) is 4.55. The van der Waals surface area contributed by atoms with Crippen LogP contribution in [-0.2, 0) is 0 Å². The summed E-state index contributed by atoms with van der Waals surface area (Å²) >= 11 is 0. The van der Waals surface area contributed by atoms with E-state index in [0.717, 1.165) is 0 Å². The summed E-state index contributed by atoms with van der Waals surface area (Å²) in [6.45, 7) is 1.62. The van der Waals surface area contributed by atoms with Crippen molar-refractivity contribution in [1.29, 1.82) is 0 Å². The van der Waals surface area contributed by atoms with E-state index in [1.165, 1.54) is 6.08 Å². The first-order chi connectivity index (χ1) is 7.31. The third kappa shape index (κ3) is 10.2. The van der Waals surface area contributed by atoms with Gasteiger partial charge in [-0.25, -0.2) is 0 Å². The molecule has 0 aromatic carbocycles. The SMILES string of the molecule is C/C=C/C#CC#C/C=C/C=C/C(O)CO. The second-order valence-electron chi connectivity index (χ2n) is 2.53. The topological polar surface area (TPSA) is 40.5 Å². The van der Waals surface area contributed by atoms with Gasteiger partial charge in [0.15, 0.2) is 0 Å². The molecular weight excluding hydrogens is 188 g/mol. The molecule has 0 amide bonds. The third-order valence-corrected chi connectivity index (χ3v) is 1.27. The van der Waals surface area contributed by atoms with Crippen molar-refractivity contribution in [3.8, 4) is 23.7 Å². The van der Waals surface area contributed by atoms with Gasteiger partial charge >= 0.3 is 0 Å². The van der Waals surface area contributed by atoms with Crippen LogP contribution in [0.5, 0.6) is 0 Å². The van der Waals surface area contributed by atoms with Crippen LogP contribution in [0.25, 0.3) is 0 Å². The zero-order valence-electron chi connectivity index (χ0n) is 8.64. The Hall–Kier alpha value is -1.74. The molecule has 0 bridgehead atoms. The fourth-order valence-corrected chi connectivity index (χ4v) is 0.596. The van der Waals surface area contributed by atoms with Gasteiger partial charge in [0, 0.05) is 0 Å². The van der Waals surface area contributed by atoms with Gasteiger partial charge in [0.05, 0.1) is 12.7 Å². The maximum Gasteiger partial charge on any atom is 0.0954 e. The maximum absolute atomic E-state index is 8.92. The molecule has 0 radical (unpaired) electrons. The number of rotatable bonds is 3. The second kappa shape index (κ2) is 10.3. The Morgan fingerprint density at radius 3 is 2.40 bits per heavy atom. The Morgan fingerprint density at radius 1 is 1.13 bits per heavy atom. The van der Waals surface area contributed by atoms with Gasteiger partial charge in [-0.3, -0.25) is 0 Å². The van der Waals surface area contributed by atoms with Crippen LogP contribution in [0.3, 0.4) is 0 Å². The van der Waals surface area contributed by atoms with Gasteiger partial charge in [-0.2, -0.15) is 0 Å². The van der Waals surface area contributed by atoms with Crippen molar-refractivity contribution in [3.05, 3.63) is 36.5 Å². The van der Waals surface area contributed by atoms with Crippen molar-refractivity contribution in [2.75, 3.05) is 6.61 Å². The lowest BCUT2D eigenvalue weighted by Gasteiger charge is -1.95. The van der Waals surface area contributed by atoms with Crippen LogP contribution in [0.1, 0.15) is 6.92 Å². The minimum atomic E-state index is -0.808. The largest absolute Gasteiger partial charge is 0.393 e. The van der Waals surface area contributed by atoms with E-state index >= 15 is 0 Å². The average Bonchev–Trinajstić information content (AvgIpc) is 2.26. The van der Waals surface area contributed by atoms with E-state index in [2.05, 4.69) is 23.7 Å². The fourth-order valence-electron chi connectivity index (χ4n) is 0.596. The van der Waals surface area contributed by atoms with E-state index in [0.29, 0.717) is 0 Å². The van der Waals surface area contributed by atoms with Crippen LogP contribution >= 0.6 is 0 Å². The highest BCUT2D eigenvalue weighted by Gasteiger charge is 1.90. The molecule has 0 saturated carbocycles. The van der Waals surface area contributed by atoms with Crippen molar-refractivity contribution >= 4 is 0 Å². The molecule has 0 aliphatic carbocycles. The summed E-state index contributed by atoms with van der Waals surface area (Å²) in [5, 5.41) is 17.4. The molecule has 2 heteroatoms. The van der Waals surface area contributed by atoms with Gasteiger partial charge in [0.2, 0.25) is 0 Å². The molecule has 1 atom stereocenters. The molecule has 0 rings (SSSR count). The lowest BCUT2D eigenvalue weighted by atomic mass is 10.3. The lowest BCUT2D eigenvalue weighted by Crippen LogP contribution is -2.06. The van der Waals surface area contributed by atoms with Gasteiger partial charge in [-0.1, -0.05) is 36.1 Å². The van der Waals surface area contributed by atoms with Crippen molar-refractivity contribution in [2.24, 2.45) is 0 Å². The van der Waals surface area contributed by atoms with E-state index in [4.69, 9.17) is 10.2 Å². The van der Waals surface area contributed by atoms with Crippen molar-refractivity contribution in [2.45, 2.75) is 13.0 Å². The summed E-state index contributed by atoms with van der Waals surface area (Å²) in [6, 6.07) is 0. The third-order valence-electron chi connectivity index (χ3n) is 1.27. The molecule has 2 N–H and O–H groups in total. The highest BCUT2D eigenvalue weighted by atomic mass is 16.3. The highest BCUT2D eigenvalue weighted by Crippen LogP contribution is 1.84. The van der Waals surface area contributed by atoms with Crippen molar-refractivity contribution in [3.63, 3.8) is 0 Å². The number of aliphatic hydroxyl groups excluding tert-OH is 2. The van der Waals surface area contributed by atoms with Crippen LogP contribution in [0.2, 0.25) is 0 Å². The maximum atomic E-state index is 8.92. The van der Waals surface area contributed by atoms with Crippen LogP contribution in [0.15, 0.2) is 36.5 Å². The Balaban J connectivity index is 3.91. The zero-order valence-corrected chi connectivity index (χ0v) is 8.64. The molecule has 0 aliphatic heterocycles. The smallest absolute Gasteiger partial charge is 0.0954 e. The van der Waals surface area contributed by atoms with Crippen LogP contribution < -0.4 is 0 Å². The Morgan fingerprint density at radius 2 is 1.80 bits per heavy atom. The number of aliphatic hydroxyl groups is 2. The monoisotopic (exact) mass is 202 g/mol. The molecule has 1 unspecified atom stereocenters. The normalized spacial score (nSPS) is 12.5. The molecule has 78 valence electrons. The van der Waals surface area contributed by atoms with E-state index in [9.17, 15) is 0 Å². The molecule has 0 aliphatic rings. The minimum Gasteiger partial charge on any atom is -0.393 e. The average molecular weight is 202 g/mol. The molecule has 0 saturated heterocycles. The predicted octanol–water partition coefficient (Wildman–Crippen LogP) is 1.03. The predicted molar refractivity (Wildman–Crippen MR) is 61.7 cm³/mol. The van der Waals surface area contributed by atoms with Gasteiger partial charge in [-0.15, -0.1) is 0 Å². The quantitative estimate of drug-likeness (QED) is 0.530. The summed E-state index contributed by atoms with van der Waals surface area (Å²) in [5.41, 5.74) is 0. The Kier molecular flexibility index (Phi) is 9.14. The Labute approximate surface area is 90.6 Å². The summed E-state index contributed by atoms with van der Waals surface area (Å²) in [7, 11) is 0. The van der Waals surface area contributed by atoms with Crippen LogP contribution in [-0.4, -0.2) is 22.9 Å². The van der Waals surface area contributed by atoms with Crippen LogP contribution in [0.4, 0.5) is 0 Å². The van der Waals surface area contributed by atoms with E-state index < -0.39 is 6.10 Å². The van der Waals surface area contributed by atoms with E-state index in [1.807, 2.05) is 13.0 Å². The molecule has 0 aromatic heterocycles. The molecule has 2 nitrogen and oxygen atoms in total. The molecule has 0 aromatic rings. The molecular formula is C13H14O2. The zero-order chi connectivity index (χ0) is 11.4. The minimum absolute atomic E-state index is 0.273. The summed E-state index contributed by atoms with van der Waals surface area (Å²) < 4.78 is 0. The summed E-state index contributed by atoms with van der Waals surface area (Å²) in [5.74, 6) is 10.7. The second-order valence-corrected chi connectivity index (χ2v) is 2.53. The molecule has 0 fully saturated rings. The first kappa shape index (κ1) is 13.3. The standard InChI is InChI=1S/C13H14O2/c1-2-3-4-5-6-7-8-9-10-11-13(15)12-14/h2-3,8-11,13-15H,12H2,1H3/b3-2+,9-8+,11-10+. The van der Waals surface area contributed by atoms with E-state index in [-0.39, 0.29) is 6.61 Å². The molecule has 15 heavy (non-hydrogen) atoms. The number of hydrogen-bond acceptors (Lipinski definition) is 2. The van der Waals surface area contributed by atoms with Gasteiger partial charge < -0.3 is 10.2 Å². The van der Waals surface area contributed by atoms with Gasteiger partial charge in [0.1, 0.15) is 0 Å². The summed E-state index contributed by atoms with van der Waals surface area (Å²) in [6.07, 6.45) is 9.13. The van der Waals surface area contributed by atoms with Crippen LogP contribution in [0, 0.1) is 23.7 Å². The lowest BCUT2D eigenvalue weighted by molar-refractivity contribution is 0.131. The number of allylic oxidation sites excluding steroid dienone is 5. The van der Waals surface area contributed by atoms with Gasteiger partial charge in [0.25, 0.3) is 0 Å². The van der Waals surface area contributed by atoms with E-state index in [1.54, 1.807) is 24.3 Å². The highest BCUT2D eigenvalue weighted by molar-refractivity contribution is 5.34. The fraction of sp³-hybridized carbons (Fsp3) is 0.231. The van der Waals surface area contributed by atoms with Crippen molar-refractivity contribution < 1.29 is 10.2 Å². The number of hydrogen-bond donors (Lipinski definition) is 2. The van der Waals surface area contributed by atoms with Gasteiger partial charge in [-0.05, 0) is 30.9 Å². The molecule has 0 heterocycles. The summed E-state index contributed by atoms with van der Waals surface area (Å²) in [4.78, 5) is 0. The molecule has 0 spiro atoms. The first-order valence-electron chi connectivity index (χ1n) is 4.55.